The molecular formula is C13H14O2. The van der Waals surface area contributed by atoms with E-state index >= 15 is 0 Å². The van der Waals surface area contributed by atoms with Crippen LogP contribution in [-0.4, -0.2) is 18.5 Å². The standard InChI is InChI=1S/C13H14O2/c1-10(14)13(15-2)8-7-11-5-3-4-6-12(11)9-13/h3-8H,9H2,1-2H3. The molecule has 1 aliphatic rings. The quantitative estimate of drug-likeness (QED) is 0.735. The maximum atomic E-state index is 11.6. The zero-order valence-electron chi connectivity index (χ0n) is 8.99. The second kappa shape index (κ2) is 3.63. The molecular weight excluding hydrogens is 188 g/mol. The molecule has 0 fully saturated rings. The molecule has 0 radical (unpaired) electrons. The number of hydrogen-bond acceptors (Lipinski definition) is 2. The van der Waals surface area contributed by atoms with E-state index in [4.69, 9.17) is 4.74 Å². The summed E-state index contributed by atoms with van der Waals surface area (Å²) < 4.78 is 5.36. The predicted octanol–water partition coefficient (Wildman–Crippen LogP) is 2.23. The van der Waals surface area contributed by atoms with Crippen LogP contribution in [-0.2, 0) is 16.0 Å². The van der Waals surface area contributed by atoms with Crippen molar-refractivity contribution < 1.29 is 9.53 Å². The average Bonchev–Trinajstić information content (AvgIpc) is 2.28. The van der Waals surface area contributed by atoms with Crippen LogP contribution in [0, 0.1) is 0 Å². The van der Waals surface area contributed by atoms with Gasteiger partial charge in [-0.15, -0.1) is 0 Å². The number of ketones is 1. The van der Waals surface area contributed by atoms with Crippen molar-refractivity contribution in [3.63, 3.8) is 0 Å². The Kier molecular flexibility index (Phi) is 2.45. The highest BCUT2D eigenvalue weighted by Crippen LogP contribution is 2.28. The Balaban J connectivity index is 2.44. The van der Waals surface area contributed by atoms with Gasteiger partial charge in [-0.05, 0) is 24.1 Å². The molecule has 0 saturated carbocycles. The number of fused-ring (bicyclic) bond motifs is 1. The van der Waals surface area contributed by atoms with E-state index in [-0.39, 0.29) is 5.78 Å². The van der Waals surface area contributed by atoms with E-state index in [0.717, 1.165) is 5.56 Å². The second-order valence-electron chi connectivity index (χ2n) is 3.86. The van der Waals surface area contributed by atoms with Gasteiger partial charge in [0.15, 0.2) is 5.78 Å². The van der Waals surface area contributed by atoms with Crippen LogP contribution in [0.3, 0.4) is 0 Å². The van der Waals surface area contributed by atoms with Crippen molar-refractivity contribution in [2.45, 2.75) is 18.9 Å². The van der Waals surface area contributed by atoms with Crippen molar-refractivity contribution in [2.24, 2.45) is 0 Å². The van der Waals surface area contributed by atoms with Crippen LogP contribution in [0.4, 0.5) is 0 Å². The third-order valence-corrected chi connectivity index (χ3v) is 3.00. The van der Waals surface area contributed by atoms with Crippen LogP contribution < -0.4 is 0 Å². The molecule has 0 saturated heterocycles. The van der Waals surface area contributed by atoms with Crippen molar-refractivity contribution in [1.82, 2.24) is 0 Å². The van der Waals surface area contributed by atoms with Crippen LogP contribution in [0.15, 0.2) is 30.3 Å². The van der Waals surface area contributed by atoms with Gasteiger partial charge in [-0.1, -0.05) is 30.3 Å². The number of ether oxygens (including phenoxy) is 1. The molecule has 2 rings (SSSR count). The number of Topliss-reactive ketones (excluding diaryl/α,β-unsaturated/α-hetero) is 1. The molecule has 1 aliphatic carbocycles. The molecule has 1 aromatic carbocycles. The fourth-order valence-electron chi connectivity index (χ4n) is 1.95. The summed E-state index contributed by atoms with van der Waals surface area (Å²) in [6.07, 6.45) is 4.45. The molecule has 15 heavy (non-hydrogen) atoms. The van der Waals surface area contributed by atoms with Gasteiger partial charge in [0, 0.05) is 13.5 Å². The molecule has 0 aromatic heterocycles. The Morgan fingerprint density at radius 2 is 2.13 bits per heavy atom. The third kappa shape index (κ3) is 1.61. The van der Waals surface area contributed by atoms with Crippen molar-refractivity contribution in [2.75, 3.05) is 7.11 Å². The predicted molar refractivity (Wildman–Crippen MR) is 59.6 cm³/mol. The summed E-state index contributed by atoms with van der Waals surface area (Å²) in [5, 5.41) is 0. The van der Waals surface area contributed by atoms with Crippen molar-refractivity contribution in [1.29, 1.82) is 0 Å². The third-order valence-electron chi connectivity index (χ3n) is 3.00. The lowest BCUT2D eigenvalue weighted by molar-refractivity contribution is -0.133. The summed E-state index contributed by atoms with van der Waals surface area (Å²) in [5.41, 5.74) is 1.58. The second-order valence-corrected chi connectivity index (χ2v) is 3.86. The summed E-state index contributed by atoms with van der Waals surface area (Å²) in [6.45, 7) is 1.57. The molecule has 1 aromatic rings. The number of carbonyl (C=O) groups is 1. The molecule has 0 amide bonds. The molecule has 0 heterocycles. The molecule has 0 spiro atoms. The SMILES string of the molecule is COC1(C(C)=O)C=Cc2ccccc2C1. The van der Waals surface area contributed by atoms with E-state index in [2.05, 4.69) is 0 Å². The lowest BCUT2D eigenvalue weighted by Crippen LogP contribution is -2.40. The molecule has 78 valence electrons. The van der Waals surface area contributed by atoms with E-state index in [1.54, 1.807) is 14.0 Å². The monoisotopic (exact) mass is 202 g/mol. The largest absolute Gasteiger partial charge is 0.366 e. The first-order valence-electron chi connectivity index (χ1n) is 5.01. The summed E-state index contributed by atoms with van der Waals surface area (Å²) >= 11 is 0. The molecule has 0 aliphatic heterocycles. The zero-order chi connectivity index (χ0) is 10.9. The van der Waals surface area contributed by atoms with Crippen molar-refractivity contribution >= 4 is 11.9 Å². The lowest BCUT2D eigenvalue weighted by atomic mass is 9.83. The van der Waals surface area contributed by atoms with Crippen LogP contribution in [0.25, 0.3) is 6.08 Å². The van der Waals surface area contributed by atoms with Crippen LogP contribution in [0.2, 0.25) is 0 Å². The van der Waals surface area contributed by atoms with Gasteiger partial charge in [0.05, 0.1) is 0 Å². The van der Waals surface area contributed by atoms with E-state index in [1.807, 2.05) is 36.4 Å². The van der Waals surface area contributed by atoms with Gasteiger partial charge < -0.3 is 4.74 Å². The summed E-state index contributed by atoms with van der Waals surface area (Å²) in [5.74, 6) is 0.0516. The highest BCUT2D eigenvalue weighted by atomic mass is 16.5. The van der Waals surface area contributed by atoms with Gasteiger partial charge in [0.2, 0.25) is 0 Å². The fourth-order valence-corrected chi connectivity index (χ4v) is 1.95. The lowest BCUT2D eigenvalue weighted by Gasteiger charge is -2.30. The molecule has 2 heteroatoms. The van der Waals surface area contributed by atoms with Crippen LogP contribution in [0.5, 0.6) is 0 Å². The molecule has 2 nitrogen and oxygen atoms in total. The molecule has 0 bridgehead atoms. The zero-order valence-corrected chi connectivity index (χ0v) is 8.99. The van der Waals surface area contributed by atoms with Gasteiger partial charge in [-0.2, -0.15) is 0 Å². The highest BCUT2D eigenvalue weighted by molar-refractivity contribution is 5.90. The number of hydrogen-bond donors (Lipinski definition) is 0. The van der Waals surface area contributed by atoms with E-state index in [1.165, 1.54) is 5.56 Å². The Labute approximate surface area is 89.6 Å². The van der Waals surface area contributed by atoms with E-state index in [9.17, 15) is 4.79 Å². The summed E-state index contributed by atoms with van der Waals surface area (Å²) in [6, 6.07) is 8.07. The first-order valence-corrected chi connectivity index (χ1v) is 5.01. The highest BCUT2D eigenvalue weighted by Gasteiger charge is 2.35. The minimum Gasteiger partial charge on any atom is -0.366 e. The van der Waals surface area contributed by atoms with E-state index < -0.39 is 5.60 Å². The minimum absolute atomic E-state index is 0.0516. The first kappa shape index (κ1) is 10.1. The Morgan fingerprint density at radius 3 is 2.80 bits per heavy atom. The van der Waals surface area contributed by atoms with Gasteiger partial charge in [0.1, 0.15) is 5.60 Å². The Bertz CT molecular complexity index is 420. The Morgan fingerprint density at radius 1 is 1.40 bits per heavy atom. The Hall–Kier alpha value is -1.41. The van der Waals surface area contributed by atoms with Gasteiger partial charge in [-0.3, -0.25) is 4.79 Å². The first-order chi connectivity index (χ1) is 7.18. The smallest absolute Gasteiger partial charge is 0.165 e. The van der Waals surface area contributed by atoms with Gasteiger partial charge in [0.25, 0.3) is 0 Å². The molecule has 1 atom stereocenters. The molecule has 0 N–H and O–H groups in total. The number of rotatable bonds is 2. The van der Waals surface area contributed by atoms with Crippen molar-refractivity contribution in [3.8, 4) is 0 Å². The van der Waals surface area contributed by atoms with Crippen molar-refractivity contribution in [3.05, 3.63) is 41.5 Å². The normalized spacial score (nSPS) is 23.6. The van der Waals surface area contributed by atoms with Gasteiger partial charge in [-0.25, -0.2) is 0 Å². The molecule has 1 unspecified atom stereocenters. The number of methoxy groups -OCH3 is 1. The van der Waals surface area contributed by atoms with Crippen LogP contribution in [0.1, 0.15) is 18.1 Å². The minimum atomic E-state index is -0.756. The van der Waals surface area contributed by atoms with Gasteiger partial charge >= 0.3 is 0 Å². The van der Waals surface area contributed by atoms with E-state index in [0.29, 0.717) is 6.42 Å². The number of carbonyl (C=O) groups excluding carboxylic acids is 1. The fraction of sp³-hybridized carbons (Fsp3) is 0.308. The van der Waals surface area contributed by atoms with Crippen LogP contribution >= 0.6 is 0 Å². The number of benzene rings is 1. The average molecular weight is 202 g/mol. The summed E-state index contributed by atoms with van der Waals surface area (Å²) in [4.78, 5) is 11.6. The maximum absolute atomic E-state index is 11.6. The topological polar surface area (TPSA) is 26.3 Å². The maximum Gasteiger partial charge on any atom is 0.165 e. The summed E-state index contributed by atoms with van der Waals surface area (Å²) in [7, 11) is 1.58.